The molecular formula is C13H18Br2N2O. The van der Waals surface area contributed by atoms with Gasteiger partial charge in [0.15, 0.2) is 0 Å². The number of benzene rings is 1. The highest BCUT2D eigenvalue weighted by molar-refractivity contribution is 9.11. The number of aryl methyl sites for hydroxylation is 1. The molecule has 0 aliphatic heterocycles. The minimum Gasteiger partial charge on any atom is -0.330 e. The maximum atomic E-state index is 12.1. The Kier molecular flexibility index (Phi) is 5.82. The second-order valence-electron chi connectivity index (χ2n) is 4.68. The average Bonchev–Trinajstić information content (AvgIpc) is 2.23. The molecule has 0 aliphatic rings. The summed E-state index contributed by atoms with van der Waals surface area (Å²) < 4.78 is 1.73. The number of carbonyl (C=O) groups excluding carboxylic acids is 1. The molecule has 18 heavy (non-hydrogen) atoms. The van der Waals surface area contributed by atoms with Crippen molar-refractivity contribution in [2.24, 2.45) is 17.6 Å². The molecule has 1 unspecified atom stereocenters. The molecule has 0 heterocycles. The highest BCUT2D eigenvalue weighted by Crippen LogP contribution is 2.32. The van der Waals surface area contributed by atoms with Gasteiger partial charge in [-0.25, -0.2) is 0 Å². The van der Waals surface area contributed by atoms with Gasteiger partial charge in [0, 0.05) is 15.5 Å². The van der Waals surface area contributed by atoms with Crippen LogP contribution < -0.4 is 11.1 Å². The predicted molar refractivity (Wildman–Crippen MR) is 82.6 cm³/mol. The molecule has 1 atom stereocenters. The maximum Gasteiger partial charge on any atom is 0.229 e. The van der Waals surface area contributed by atoms with E-state index < -0.39 is 0 Å². The van der Waals surface area contributed by atoms with E-state index in [2.05, 4.69) is 37.2 Å². The van der Waals surface area contributed by atoms with Gasteiger partial charge in [-0.1, -0.05) is 13.8 Å². The summed E-state index contributed by atoms with van der Waals surface area (Å²) in [6.45, 7) is 6.34. The molecule has 1 rings (SSSR count). The van der Waals surface area contributed by atoms with Gasteiger partial charge in [-0.2, -0.15) is 0 Å². The number of nitrogens with two attached hydrogens (primary N) is 1. The molecule has 0 saturated heterocycles. The number of halogens is 2. The van der Waals surface area contributed by atoms with Crippen LogP contribution in [-0.4, -0.2) is 12.5 Å². The fraction of sp³-hybridized carbons (Fsp3) is 0.462. The third-order valence-corrected chi connectivity index (χ3v) is 4.08. The lowest BCUT2D eigenvalue weighted by Gasteiger charge is -2.19. The Morgan fingerprint density at radius 3 is 2.22 bits per heavy atom. The highest BCUT2D eigenvalue weighted by Gasteiger charge is 2.22. The molecule has 1 aromatic carbocycles. The van der Waals surface area contributed by atoms with Crippen molar-refractivity contribution in [2.75, 3.05) is 11.9 Å². The van der Waals surface area contributed by atoms with Crippen LogP contribution in [0.4, 0.5) is 5.69 Å². The summed E-state index contributed by atoms with van der Waals surface area (Å²) in [5.41, 5.74) is 7.52. The number of nitrogens with one attached hydrogen (secondary N) is 1. The number of hydrogen-bond donors (Lipinski definition) is 2. The number of rotatable bonds is 4. The molecule has 0 radical (unpaired) electrons. The molecule has 1 amide bonds. The van der Waals surface area contributed by atoms with Gasteiger partial charge in [0.25, 0.3) is 0 Å². The van der Waals surface area contributed by atoms with Gasteiger partial charge < -0.3 is 11.1 Å². The molecular weight excluding hydrogens is 360 g/mol. The first kappa shape index (κ1) is 15.7. The van der Waals surface area contributed by atoms with Crippen LogP contribution in [-0.2, 0) is 4.79 Å². The van der Waals surface area contributed by atoms with E-state index >= 15 is 0 Å². The van der Waals surface area contributed by atoms with E-state index in [4.69, 9.17) is 5.73 Å². The fourth-order valence-electron chi connectivity index (χ4n) is 1.72. The van der Waals surface area contributed by atoms with Gasteiger partial charge in [0.2, 0.25) is 5.91 Å². The molecule has 1 aromatic rings. The van der Waals surface area contributed by atoms with Gasteiger partial charge >= 0.3 is 0 Å². The number of carbonyl (C=O) groups is 1. The van der Waals surface area contributed by atoms with Crippen LogP contribution in [0.2, 0.25) is 0 Å². The largest absolute Gasteiger partial charge is 0.330 e. The molecule has 3 N–H and O–H groups in total. The van der Waals surface area contributed by atoms with Gasteiger partial charge in [0.05, 0.1) is 11.6 Å². The van der Waals surface area contributed by atoms with Crippen LogP contribution in [0.3, 0.4) is 0 Å². The summed E-state index contributed by atoms with van der Waals surface area (Å²) in [4.78, 5) is 12.1. The maximum absolute atomic E-state index is 12.1. The van der Waals surface area contributed by atoms with E-state index in [-0.39, 0.29) is 17.7 Å². The summed E-state index contributed by atoms with van der Waals surface area (Å²) in [6.07, 6.45) is 0. The Labute approximate surface area is 125 Å². The van der Waals surface area contributed by atoms with E-state index in [1.807, 2.05) is 32.9 Å². The van der Waals surface area contributed by atoms with Crippen molar-refractivity contribution in [2.45, 2.75) is 20.8 Å². The Morgan fingerprint density at radius 2 is 1.83 bits per heavy atom. The monoisotopic (exact) mass is 376 g/mol. The zero-order valence-corrected chi connectivity index (χ0v) is 13.9. The second kappa shape index (κ2) is 6.68. The first-order valence-electron chi connectivity index (χ1n) is 5.83. The predicted octanol–water partition coefficient (Wildman–Crippen LogP) is 3.69. The van der Waals surface area contributed by atoms with Gasteiger partial charge in [0.1, 0.15) is 0 Å². The molecule has 3 nitrogen and oxygen atoms in total. The number of anilines is 1. The summed E-state index contributed by atoms with van der Waals surface area (Å²) in [5.74, 6) is 0.000792. The van der Waals surface area contributed by atoms with E-state index in [1.54, 1.807) is 0 Å². The summed E-state index contributed by atoms with van der Waals surface area (Å²) in [5, 5.41) is 2.93. The highest BCUT2D eigenvalue weighted by atomic mass is 79.9. The van der Waals surface area contributed by atoms with E-state index in [1.165, 1.54) is 0 Å². The molecule has 0 aliphatic carbocycles. The zero-order chi connectivity index (χ0) is 13.9. The van der Waals surface area contributed by atoms with Crippen molar-refractivity contribution >= 4 is 43.5 Å². The lowest BCUT2D eigenvalue weighted by Crippen LogP contribution is -2.33. The van der Waals surface area contributed by atoms with Crippen molar-refractivity contribution in [1.82, 2.24) is 0 Å². The quantitative estimate of drug-likeness (QED) is 0.840. The van der Waals surface area contributed by atoms with Crippen molar-refractivity contribution < 1.29 is 4.79 Å². The minimum absolute atomic E-state index is 0.0437. The Hall–Kier alpha value is -0.390. The minimum atomic E-state index is -0.176. The standard InChI is InChI=1S/C13H18Br2N2O/c1-7(2)9(6-16)13(18)17-12-10(14)4-8(3)5-11(12)15/h4-5,7,9H,6,16H2,1-3H3,(H,17,18). The third-order valence-electron chi connectivity index (χ3n) is 2.83. The van der Waals surface area contributed by atoms with Gasteiger partial charge in [-0.15, -0.1) is 0 Å². The summed E-state index contributed by atoms with van der Waals surface area (Å²) >= 11 is 6.92. The molecule has 5 heteroatoms. The van der Waals surface area contributed by atoms with Crippen molar-refractivity contribution in [3.63, 3.8) is 0 Å². The third kappa shape index (κ3) is 3.80. The van der Waals surface area contributed by atoms with Gasteiger partial charge in [-0.3, -0.25) is 4.79 Å². The summed E-state index contributed by atoms with van der Waals surface area (Å²) in [7, 11) is 0. The van der Waals surface area contributed by atoms with Crippen LogP contribution in [0.15, 0.2) is 21.1 Å². The first-order valence-corrected chi connectivity index (χ1v) is 7.42. The Bertz CT molecular complexity index is 424. The summed E-state index contributed by atoms with van der Waals surface area (Å²) in [6, 6.07) is 3.93. The molecule has 0 bridgehead atoms. The Balaban J connectivity index is 2.95. The van der Waals surface area contributed by atoms with Crippen molar-refractivity contribution in [1.29, 1.82) is 0 Å². The zero-order valence-electron chi connectivity index (χ0n) is 10.8. The van der Waals surface area contributed by atoms with Crippen LogP contribution >= 0.6 is 31.9 Å². The van der Waals surface area contributed by atoms with Crippen LogP contribution in [0.25, 0.3) is 0 Å². The number of hydrogen-bond acceptors (Lipinski definition) is 2. The van der Waals surface area contributed by atoms with Crippen LogP contribution in [0.1, 0.15) is 19.4 Å². The molecule has 0 spiro atoms. The van der Waals surface area contributed by atoms with E-state index in [0.29, 0.717) is 6.54 Å². The fourth-order valence-corrected chi connectivity index (χ4v) is 3.33. The number of amides is 1. The molecule has 0 aromatic heterocycles. The van der Waals surface area contributed by atoms with E-state index in [9.17, 15) is 4.79 Å². The van der Waals surface area contributed by atoms with Crippen molar-refractivity contribution in [3.05, 3.63) is 26.6 Å². The lowest BCUT2D eigenvalue weighted by molar-refractivity contribution is -0.120. The lowest BCUT2D eigenvalue weighted by atomic mass is 9.95. The SMILES string of the molecule is Cc1cc(Br)c(NC(=O)C(CN)C(C)C)c(Br)c1. The molecule has 0 saturated carbocycles. The smallest absolute Gasteiger partial charge is 0.229 e. The van der Waals surface area contributed by atoms with Crippen molar-refractivity contribution in [3.8, 4) is 0 Å². The van der Waals surface area contributed by atoms with E-state index in [0.717, 1.165) is 20.2 Å². The molecule has 0 fully saturated rings. The normalized spacial score (nSPS) is 12.6. The molecule has 100 valence electrons. The second-order valence-corrected chi connectivity index (χ2v) is 6.39. The van der Waals surface area contributed by atoms with Gasteiger partial charge in [-0.05, 0) is 62.4 Å². The van der Waals surface area contributed by atoms with Crippen LogP contribution in [0, 0.1) is 18.8 Å². The average molecular weight is 378 g/mol. The topological polar surface area (TPSA) is 55.1 Å². The first-order chi connectivity index (χ1) is 8.36. The van der Waals surface area contributed by atoms with Crippen LogP contribution in [0.5, 0.6) is 0 Å². The Morgan fingerprint density at radius 1 is 1.33 bits per heavy atom.